The Morgan fingerprint density at radius 2 is 1.67 bits per heavy atom. The molecular weight excluding hydrogens is 662 g/mol. The van der Waals surface area contributed by atoms with E-state index in [1.807, 2.05) is 25.5 Å². The van der Waals surface area contributed by atoms with Crippen molar-refractivity contribution in [3.8, 4) is 11.1 Å². The van der Waals surface area contributed by atoms with Crippen LogP contribution in [0.5, 0.6) is 0 Å². The van der Waals surface area contributed by atoms with E-state index in [9.17, 15) is 9.59 Å². The molecule has 0 radical (unpaired) electrons. The fourth-order valence-corrected chi connectivity index (χ4v) is 9.40. The number of nitrogens with two attached hydrogens (primary N) is 1. The number of carbonyl (C=O) groups excluding carboxylic acids is 2. The van der Waals surface area contributed by atoms with Crippen molar-refractivity contribution in [2.24, 2.45) is 23.5 Å². The average Bonchev–Trinajstić information content (AvgIpc) is 3.65. The fourth-order valence-electron chi connectivity index (χ4n) is 8.64. The number of anilines is 1. The van der Waals surface area contributed by atoms with Gasteiger partial charge in [-0.2, -0.15) is 14.6 Å². The van der Waals surface area contributed by atoms with Gasteiger partial charge in [0.15, 0.2) is 0 Å². The number of primary amides is 1. The van der Waals surface area contributed by atoms with Crippen LogP contribution in [0.1, 0.15) is 118 Å². The van der Waals surface area contributed by atoms with Crippen LogP contribution in [0.3, 0.4) is 0 Å². The lowest BCUT2D eigenvalue weighted by Crippen LogP contribution is -2.39. The number of nitrogens with zero attached hydrogens (tertiary/aromatic N) is 5. The average molecular weight is 722 g/mol. The van der Waals surface area contributed by atoms with E-state index >= 15 is 4.39 Å². The van der Waals surface area contributed by atoms with Crippen molar-refractivity contribution >= 4 is 25.7 Å². The molecule has 3 aromatic heterocycles. The van der Waals surface area contributed by atoms with E-state index in [-0.39, 0.29) is 17.6 Å². The molecular formula is C39H60FN7O3Si. The third-order valence-electron chi connectivity index (χ3n) is 11.1. The number of aromatic nitrogens is 5. The van der Waals surface area contributed by atoms with E-state index in [2.05, 4.69) is 35.0 Å². The molecule has 10 nitrogen and oxygen atoms in total. The first-order valence-corrected chi connectivity index (χ1v) is 23.1. The van der Waals surface area contributed by atoms with E-state index in [1.165, 1.54) is 12.8 Å². The lowest BCUT2D eigenvalue weighted by molar-refractivity contribution is -0.120. The lowest BCUT2D eigenvalue weighted by atomic mass is 9.63. The molecule has 12 heteroatoms. The number of ether oxygens (including phenoxy) is 1. The maximum Gasteiger partial charge on any atom is 0.267 e. The SMILES string of the molecule is CCCn1ncc(C(C(=O)Nc2ccc(-c3c(C)nn(COCC[Si](C)(C)C)c3CC)c(F)n2)C(C2CCCCC2)C2CCCCC2)c1C(N)=O. The number of carbonyl (C=O) groups is 2. The van der Waals surface area contributed by atoms with Gasteiger partial charge in [0.25, 0.3) is 5.91 Å². The van der Waals surface area contributed by atoms with Crippen molar-refractivity contribution in [3.05, 3.63) is 46.9 Å². The van der Waals surface area contributed by atoms with Gasteiger partial charge in [-0.15, -0.1) is 0 Å². The largest absolute Gasteiger partial charge is 0.364 e. The molecule has 2 saturated carbocycles. The van der Waals surface area contributed by atoms with Gasteiger partial charge < -0.3 is 15.8 Å². The van der Waals surface area contributed by atoms with Crippen LogP contribution in [0.2, 0.25) is 25.7 Å². The molecule has 1 unspecified atom stereocenters. The van der Waals surface area contributed by atoms with E-state index in [1.54, 1.807) is 23.0 Å². The Hall–Kier alpha value is -3.38. The third kappa shape index (κ3) is 9.35. The molecule has 0 aliphatic heterocycles. The summed E-state index contributed by atoms with van der Waals surface area (Å²) in [6, 6.07) is 4.40. The third-order valence-corrected chi connectivity index (χ3v) is 12.8. The summed E-state index contributed by atoms with van der Waals surface area (Å²) in [4.78, 5) is 32.0. The molecule has 2 amide bonds. The van der Waals surface area contributed by atoms with E-state index in [0.717, 1.165) is 69.5 Å². The predicted octanol–water partition coefficient (Wildman–Crippen LogP) is 8.47. The Morgan fingerprint density at radius 1 is 1.02 bits per heavy atom. The van der Waals surface area contributed by atoms with Gasteiger partial charge in [0.1, 0.15) is 18.2 Å². The van der Waals surface area contributed by atoms with Crippen molar-refractivity contribution in [1.29, 1.82) is 0 Å². The Bertz CT molecular complexity index is 1620. The Morgan fingerprint density at radius 3 is 2.22 bits per heavy atom. The maximum atomic E-state index is 16.1. The summed E-state index contributed by atoms with van der Waals surface area (Å²) in [7, 11) is -1.23. The normalized spacial score (nSPS) is 16.9. The molecule has 0 bridgehead atoms. The number of pyridine rings is 1. The van der Waals surface area contributed by atoms with Gasteiger partial charge in [-0.25, -0.2) is 9.67 Å². The Kier molecular flexibility index (Phi) is 13.3. The molecule has 2 aliphatic rings. The smallest absolute Gasteiger partial charge is 0.267 e. The molecule has 5 rings (SSSR count). The van der Waals surface area contributed by atoms with Crippen molar-refractivity contribution in [2.75, 3.05) is 11.9 Å². The van der Waals surface area contributed by atoms with Gasteiger partial charge in [-0.1, -0.05) is 97.7 Å². The molecule has 2 fully saturated rings. The predicted molar refractivity (Wildman–Crippen MR) is 203 cm³/mol. The molecule has 3 N–H and O–H groups in total. The minimum atomic E-state index is -1.23. The van der Waals surface area contributed by atoms with Crippen LogP contribution in [0, 0.1) is 30.6 Å². The number of nitrogens with one attached hydrogen (secondary N) is 1. The quantitative estimate of drug-likeness (QED) is 0.0867. The summed E-state index contributed by atoms with van der Waals surface area (Å²) in [5, 5.41) is 12.3. The summed E-state index contributed by atoms with van der Waals surface area (Å²) in [6.45, 7) is 14.4. The summed E-state index contributed by atoms with van der Waals surface area (Å²) in [5.41, 5.74) is 9.51. The second-order valence-electron chi connectivity index (χ2n) is 16.0. The highest BCUT2D eigenvalue weighted by Crippen LogP contribution is 2.48. The zero-order valence-corrected chi connectivity index (χ0v) is 32.8. The molecule has 0 aromatic carbocycles. The number of halogens is 1. The van der Waals surface area contributed by atoms with Crippen molar-refractivity contribution in [2.45, 2.75) is 143 Å². The lowest BCUT2D eigenvalue weighted by Gasteiger charge is -2.41. The van der Waals surface area contributed by atoms with Crippen molar-refractivity contribution < 1.29 is 18.7 Å². The Balaban J connectivity index is 1.47. The first kappa shape index (κ1) is 38.8. The summed E-state index contributed by atoms with van der Waals surface area (Å²) < 4.78 is 25.5. The molecule has 3 heterocycles. The van der Waals surface area contributed by atoms with Gasteiger partial charge in [0, 0.05) is 43.6 Å². The standard InChI is InChI=1S/C39H60FN7O3Si/c1-7-21-46-36(38(41)48)30(24-42-46)35(34(27-15-11-9-12-16-27)28-17-13-10-14-18-28)39(49)44-32-20-19-29(37(40)43-32)33-26(3)45-47(31(33)8-2)25-50-22-23-51(4,5)6/h19-20,24,27-28,34-35H,7-18,21-23,25H2,1-6H3,(H2,41,48)(H,43,44,49). The molecule has 2 aliphatic carbocycles. The van der Waals surface area contributed by atoms with Gasteiger partial charge in [-0.3, -0.25) is 14.3 Å². The summed E-state index contributed by atoms with van der Waals surface area (Å²) in [5.74, 6) is -1.39. The van der Waals surface area contributed by atoms with Gasteiger partial charge >= 0.3 is 0 Å². The second-order valence-corrected chi connectivity index (χ2v) is 21.6. The number of aryl methyl sites for hydroxylation is 2. The highest BCUT2D eigenvalue weighted by atomic mass is 28.3. The summed E-state index contributed by atoms with van der Waals surface area (Å²) >= 11 is 0. The van der Waals surface area contributed by atoms with E-state index < -0.39 is 25.8 Å². The van der Waals surface area contributed by atoms with Crippen LogP contribution >= 0.6 is 0 Å². The second kappa shape index (κ2) is 17.4. The van der Waals surface area contributed by atoms with Crippen LogP contribution in [0.4, 0.5) is 10.2 Å². The van der Waals surface area contributed by atoms with Crippen molar-refractivity contribution in [1.82, 2.24) is 24.5 Å². The highest BCUT2D eigenvalue weighted by Gasteiger charge is 2.43. The zero-order valence-electron chi connectivity index (χ0n) is 31.8. The van der Waals surface area contributed by atoms with Crippen LogP contribution in [-0.4, -0.2) is 51.0 Å². The number of hydrogen-bond acceptors (Lipinski definition) is 6. The topological polar surface area (TPSA) is 130 Å². The fraction of sp³-hybridized carbons (Fsp3) is 0.667. The number of amides is 2. The molecule has 51 heavy (non-hydrogen) atoms. The van der Waals surface area contributed by atoms with Gasteiger partial charge in [0.05, 0.1) is 17.8 Å². The minimum Gasteiger partial charge on any atom is -0.364 e. The van der Waals surface area contributed by atoms with Gasteiger partial charge in [-0.05, 0) is 55.7 Å². The maximum absolute atomic E-state index is 16.1. The first-order valence-electron chi connectivity index (χ1n) is 19.4. The molecule has 0 spiro atoms. The molecule has 0 saturated heterocycles. The van der Waals surface area contributed by atoms with Crippen LogP contribution < -0.4 is 11.1 Å². The van der Waals surface area contributed by atoms with Crippen LogP contribution in [0.25, 0.3) is 11.1 Å². The monoisotopic (exact) mass is 721 g/mol. The highest BCUT2D eigenvalue weighted by molar-refractivity contribution is 6.76. The first-order chi connectivity index (χ1) is 24.4. The number of hydrogen-bond donors (Lipinski definition) is 2. The zero-order chi connectivity index (χ0) is 36.7. The Labute approximate surface area is 304 Å². The van der Waals surface area contributed by atoms with E-state index in [0.29, 0.717) is 66.2 Å². The van der Waals surface area contributed by atoms with Crippen molar-refractivity contribution in [3.63, 3.8) is 0 Å². The van der Waals surface area contributed by atoms with Crippen LogP contribution in [0.15, 0.2) is 18.3 Å². The van der Waals surface area contributed by atoms with Gasteiger partial charge in [0.2, 0.25) is 11.9 Å². The molecule has 3 aromatic rings. The molecule has 280 valence electrons. The van der Waals surface area contributed by atoms with Crippen LogP contribution in [-0.2, 0) is 29.2 Å². The minimum absolute atomic E-state index is 0.0145. The summed E-state index contributed by atoms with van der Waals surface area (Å²) in [6.07, 6.45) is 14.2. The number of rotatable bonds is 16. The van der Waals surface area contributed by atoms with E-state index in [4.69, 9.17) is 15.6 Å². The molecule has 1 atom stereocenters.